The number of ether oxygens (including phenoxy) is 3. The molecule has 0 amide bonds. The molecule has 0 radical (unpaired) electrons. The Kier molecular flexibility index (Phi) is 3.63. The summed E-state index contributed by atoms with van der Waals surface area (Å²) in [6.45, 7) is 0. The van der Waals surface area contributed by atoms with Gasteiger partial charge in [-0.3, -0.25) is 0 Å². The molecule has 2 aromatic heterocycles. The third kappa shape index (κ3) is 2.02. The zero-order valence-corrected chi connectivity index (χ0v) is 11.9. The van der Waals surface area contributed by atoms with Gasteiger partial charge in [-0.25, -0.2) is 9.59 Å². The highest BCUT2D eigenvalue weighted by Gasteiger charge is 2.28. The van der Waals surface area contributed by atoms with E-state index in [9.17, 15) is 14.7 Å². The molecular weight excluding hydrogens is 292 g/mol. The van der Waals surface area contributed by atoms with Gasteiger partial charge in [0.15, 0.2) is 21.3 Å². The molecule has 6 nitrogen and oxygen atoms in total. The molecule has 2 aromatic rings. The van der Waals surface area contributed by atoms with E-state index in [-0.39, 0.29) is 15.5 Å². The summed E-state index contributed by atoms with van der Waals surface area (Å²) >= 11 is 2.02. The molecule has 19 heavy (non-hydrogen) atoms. The van der Waals surface area contributed by atoms with Crippen molar-refractivity contribution >= 4 is 44.0 Å². The second-order valence-corrected chi connectivity index (χ2v) is 5.43. The maximum atomic E-state index is 11.6. The van der Waals surface area contributed by atoms with Crippen LogP contribution in [0.4, 0.5) is 0 Å². The summed E-state index contributed by atoms with van der Waals surface area (Å²) in [5, 5.41) is 9.99. The predicted molar refractivity (Wildman–Crippen MR) is 70.6 cm³/mol. The summed E-state index contributed by atoms with van der Waals surface area (Å²) in [6.07, 6.45) is 0. The van der Waals surface area contributed by atoms with Crippen LogP contribution in [0.1, 0.15) is 19.3 Å². The van der Waals surface area contributed by atoms with E-state index in [0.29, 0.717) is 15.1 Å². The van der Waals surface area contributed by atoms with Gasteiger partial charge in [-0.15, -0.1) is 22.7 Å². The molecule has 2 rings (SSSR count). The molecule has 0 aliphatic heterocycles. The zero-order valence-electron chi connectivity index (χ0n) is 10.3. The van der Waals surface area contributed by atoms with Gasteiger partial charge < -0.3 is 19.3 Å². The zero-order chi connectivity index (χ0) is 14.2. The fraction of sp³-hybridized carbons (Fsp3) is 0.273. The Morgan fingerprint density at radius 1 is 0.947 bits per heavy atom. The molecule has 0 fully saturated rings. The van der Waals surface area contributed by atoms with Crippen molar-refractivity contribution in [2.24, 2.45) is 0 Å². The fourth-order valence-electron chi connectivity index (χ4n) is 1.55. The van der Waals surface area contributed by atoms with E-state index in [4.69, 9.17) is 4.74 Å². The summed E-state index contributed by atoms with van der Waals surface area (Å²) < 4.78 is 15.3. The highest BCUT2D eigenvalue weighted by molar-refractivity contribution is 7.30. The van der Waals surface area contributed by atoms with Crippen molar-refractivity contribution in [2.45, 2.75) is 0 Å². The van der Waals surface area contributed by atoms with Crippen molar-refractivity contribution in [3.63, 3.8) is 0 Å². The Morgan fingerprint density at radius 2 is 1.47 bits per heavy atom. The molecule has 0 bridgehead atoms. The Labute approximate surface area is 116 Å². The number of rotatable bonds is 3. The SMILES string of the molecule is COC(=O)c1sc2c(OC)c(C(=O)OC)sc2c1O. The minimum absolute atomic E-state index is 0.0819. The van der Waals surface area contributed by atoms with Crippen LogP contribution in [0.5, 0.6) is 11.5 Å². The number of carbonyl (C=O) groups excluding carboxylic acids is 2. The molecule has 8 heteroatoms. The first-order valence-electron chi connectivity index (χ1n) is 5.04. The van der Waals surface area contributed by atoms with Crippen LogP contribution in [0.25, 0.3) is 9.40 Å². The average molecular weight is 302 g/mol. The maximum absolute atomic E-state index is 11.6. The predicted octanol–water partition coefficient (Wildman–Crippen LogP) is 2.25. The molecule has 102 valence electrons. The van der Waals surface area contributed by atoms with E-state index >= 15 is 0 Å². The van der Waals surface area contributed by atoms with Crippen LogP contribution in [-0.2, 0) is 9.47 Å². The summed E-state index contributed by atoms with van der Waals surface area (Å²) in [5.74, 6) is -1.09. The Morgan fingerprint density at radius 3 is 2.00 bits per heavy atom. The summed E-state index contributed by atoms with van der Waals surface area (Å²) in [7, 11) is 3.89. The largest absolute Gasteiger partial charge is 0.505 e. The summed E-state index contributed by atoms with van der Waals surface area (Å²) in [6, 6.07) is 0. The molecule has 0 aliphatic rings. The minimum Gasteiger partial charge on any atom is -0.505 e. The first-order valence-corrected chi connectivity index (χ1v) is 6.67. The van der Waals surface area contributed by atoms with Crippen molar-refractivity contribution < 1.29 is 28.9 Å². The van der Waals surface area contributed by atoms with Gasteiger partial charge in [0.25, 0.3) is 0 Å². The highest BCUT2D eigenvalue weighted by Crippen LogP contribution is 2.49. The quantitative estimate of drug-likeness (QED) is 0.876. The third-order valence-electron chi connectivity index (χ3n) is 2.40. The van der Waals surface area contributed by atoms with Gasteiger partial charge in [0, 0.05) is 0 Å². The van der Waals surface area contributed by atoms with E-state index < -0.39 is 11.9 Å². The molecule has 0 spiro atoms. The van der Waals surface area contributed by atoms with Crippen molar-refractivity contribution in [1.82, 2.24) is 0 Å². The first-order chi connectivity index (χ1) is 9.04. The van der Waals surface area contributed by atoms with E-state index in [1.54, 1.807) is 0 Å². The molecule has 1 N–H and O–H groups in total. The van der Waals surface area contributed by atoms with Crippen molar-refractivity contribution in [3.05, 3.63) is 9.75 Å². The number of aromatic hydroxyl groups is 1. The van der Waals surface area contributed by atoms with Gasteiger partial charge in [0.05, 0.1) is 30.7 Å². The van der Waals surface area contributed by atoms with Gasteiger partial charge in [-0.05, 0) is 0 Å². The second-order valence-electron chi connectivity index (χ2n) is 3.39. The molecule has 2 heterocycles. The number of fused-ring (bicyclic) bond motifs is 1. The Hall–Kier alpha value is -1.80. The molecule has 0 atom stereocenters. The average Bonchev–Trinajstić information content (AvgIpc) is 2.94. The number of hydrogen-bond donors (Lipinski definition) is 1. The lowest BCUT2D eigenvalue weighted by Gasteiger charge is -2.00. The molecular formula is C11H10O6S2. The van der Waals surface area contributed by atoms with E-state index in [1.165, 1.54) is 21.3 Å². The Balaban J connectivity index is 2.68. The van der Waals surface area contributed by atoms with E-state index in [0.717, 1.165) is 22.7 Å². The van der Waals surface area contributed by atoms with Crippen LogP contribution >= 0.6 is 22.7 Å². The van der Waals surface area contributed by atoms with E-state index in [2.05, 4.69) is 9.47 Å². The lowest BCUT2D eigenvalue weighted by atomic mass is 10.3. The lowest BCUT2D eigenvalue weighted by molar-refractivity contribution is 0.0594. The molecule has 0 unspecified atom stereocenters. The van der Waals surface area contributed by atoms with Crippen LogP contribution in [0.2, 0.25) is 0 Å². The van der Waals surface area contributed by atoms with Crippen LogP contribution in [0, 0.1) is 0 Å². The van der Waals surface area contributed by atoms with Crippen LogP contribution in [0.15, 0.2) is 0 Å². The van der Waals surface area contributed by atoms with Crippen LogP contribution < -0.4 is 4.74 Å². The standard InChI is InChI=1S/C11H10O6S2/c1-15-5-8-6(18-9(5)11(14)17-3)4(12)7(19-8)10(13)16-2/h12H,1-3H3. The summed E-state index contributed by atoms with van der Waals surface area (Å²) in [4.78, 5) is 23.4. The van der Waals surface area contributed by atoms with Gasteiger partial charge in [0.2, 0.25) is 0 Å². The van der Waals surface area contributed by atoms with Gasteiger partial charge in [-0.2, -0.15) is 0 Å². The molecule has 0 aliphatic carbocycles. The highest BCUT2D eigenvalue weighted by atomic mass is 32.1. The number of thiophene rings is 2. The van der Waals surface area contributed by atoms with Gasteiger partial charge in [0.1, 0.15) is 0 Å². The third-order valence-corrected chi connectivity index (χ3v) is 4.85. The lowest BCUT2D eigenvalue weighted by Crippen LogP contribution is -2.00. The molecule has 0 saturated carbocycles. The van der Waals surface area contributed by atoms with Crippen LogP contribution in [0.3, 0.4) is 0 Å². The second kappa shape index (κ2) is 5.06. The van der Waals surface area contributed by atoms with Crippen molar-refractivity contribution in [1.29, 1.82) is 0 Å². The van der Waals surface area contributed by atoms with Gasteiger partial charge in [-0.1, -0.05) is 0 Å². The van der Waals surface area contributed by atoms with E-state index in [1.807, 2.05) is 0 Å². The monoisotopic (exact) mass is 302 g/mol. The molecule has 0 aromatic carbocycles. The number of esters is 2. The Bertz CT molecular complexity index is 654. The topological polar surface area (TPSA) is 82.1 Å². The normalized spacial score (nSPS) is 10.5. The fourth-order valence-corrected chi connectivity index (χ4v) is 4.00. The first kappa shape index (κ1) is 13.6. The van der Waals surface area contributed by atoms with Crippen LogP contribution in [-0.4, -0.2) is 38.4 Å². The number of carbonyl (C=O) groups is 2. The summed E-state index contributed by atoms with van der Waals surface area (Å²) in [5.41, 5.74) is 0. The minimum atomic E-state index is -0.632. The maximum Gasteiger partial charge on any atom is 0.351 e. The number of methoxy groups -OCH3 is 3. The van der Waals surface area contributed by atoms with Crippen molar-refractivity contribution in [3.8, 4) is 11.5 Å². The van der Waals surface area contributed by atoms with Gasteiger partial charge >= 0.3 is 11.9 Å². The number of hydrogen-bond acceptors (Lipinski definition) is 8. The molecule has 0 saturated heterocycles. The van der Waals surface area contributed by atoms with Crippen molar-refractivity contribution in [2.75, 3.05) is 21.3 Å². The smallest absolute Gasteiger partial charge is 0.351 e.